The van der Waals surface area contributed by atoms with Crippen molar-refractivity contribution in [3.8, 4) is 0 Å². The van der Waals surface area contributed by atoms with Crippen LogP contribution in [-0.2, 0) is 0 Å². The second-order valence-electron chi connectivity index (χ2n) is 6.93. The lowest BCUT2D eigenvalue weighted by Crippen LogP contribution is -2.52. The Balaban J connectivity index is 0.00000196. The monoisotopic (exact) mass is 378 g/mol. The van der Waals surface area contributed by atoms with Gasteiger partial charge in [-0.25, -0.2) is 4.39 Å². The van der Waals surface area contributed by atoms with Gasteiger partial charge in [0.15, 0.2) is 0 Å². The van der Waals surface area contributed by atoms with E-state index < -0.39 is 0 Å². The number of pyridine rings is 1. The molecule has 2 saturated heterocycles. The molecule has 5 nitrogen and oxygen atoms in total. The molecule has 7 heteroatoms. The summed E-state index contributed by atoms with van der Waals surface area (Å²) < 4.78 is 13.4. The van der Waals surface area contributed by atoms with E-state index in [-0.39, 0.29) is 24.1 Å². The number of benzene rings is 1. The highest BCUT2D eigenvalue weighted by atomic mass is 35.5. The normalized spacial score (nSPS) is 21.0. The van der Waals surface area contributed by atoms with Crippen molar-refractivity contribution in [3.05, 3.63) is 41.3 Å². The maximum atomic E-state index is 13.4. The van der Waals surface area contributed by atoms with Gasteiger partial charge < -0.3 is 10.2 Å². The van der Waals surface area contributed by atoms with Crippen molar-refractivity contribution in [3.63, 3.8) is 0 Å². The summed E-state index contributed by atoms with van der Waals surface area (Å²) in [5.74, 6) is -0.281. The van der Waals surface area contributed by atoms with Gasteiger partial charge in [-0.05, 0) is 38.1 Å². The lowest BCUT2D eigenvalue weighted by Gasteiger charge is -2.38. The molecule has 1 N–H and O–H groups in total. The molecule has 140 valence electrons. The second-order valence-corrected chi connectivity index (χ2v) is 6.93. The fourth-order valence-electron chi connectivity index (χ4n) is 3.86. The minimum absolute atomic E-state index is 0. The van der Waals surface area contributed by atoms with Gasteiger partial charge in [-0.15, -0.1) is 12.4 Å². The Morgan fingerprint density at radius 1 is 1.23 bits per heavy atom. The number of fused-ring (bicyclic) bond motifs is 1. The Morgan fingerprint density at radius 3 is 2.69 bits per heavy atom. The highest BCUT2D eigenvalue weighted by Gasteiger charge is 2.28. The van der Waals surface area contributed by atoms with Crippen molar-refractivity contribution in [2.24, 2.45) is 0 Å². The summed E-state index contributed by atoms with van der Waals surface area (Å²) in [6, 6.07) is 6.94. The fraction of sp³-hybridized carbons (Fsp3) is 0.474. The number of halogens is 2. The standard InChI is InChI=1S/C19H23FN4O.ClH/c1-13-17(10-14-2-3-15(20)11-18(14)22-13)19(25)24-8-6-23(7-9-24)16-4-5-21-12-16;/h2-3,10-11,16,21H,4-9,12H2,1H3;1H. The first-order chi connectivity index (χ1) is 12.1. The van der Waals surface area contributed by atoms with E-state index in [0.29, 0.717) is 22.8 Å². The van der Waals surface area contributed by atoms with E-state index in [1.807, 2.05) is 17.9 Å². The third kappa shape index (κ3) is 3.68. The van der Waals surface area contributed by atoms with Gasteiger partial charge in [0.25, 0.3) is 5.91 Å². The number of hydrogen-bond donors (Lipinski definition) is 1. The summed E-state index contributed by atoms with van der Waals surface area (Å²) in [5.41, 5.74) is 1.87. The molecule has 0 spiro atoms. The molecule has 0 bridgehead atoms. The summed E-state index contributed by atoms with van der Waals surface area (Å²) in [4.78, 5) is 21.8. The number of aryl methyl sites for hydroxylation is 1. The zero-order valence-corrected chi connectivity index (χ0v) is 15.7. The zero-order chi connectivity index (χ0) is 17.4. The number of carbonyl (C=O) groups is 1. The number of piperazine rings is 1. The molecule has 0 aliphatic carbocycles. The molecule has 1 aromatic heterocycles. The van der Waals surface area contributed by atoms with Crippen molar-refractivity contribution in [1.82, 2.24) is 20.1 Å². The van der Waals surface area contributed by atoms with Crippen molar-refractivity contribution < 1.29 is 9.18 Å². The molecule has 2 aliphatic rings. The van der Waals surface area contributed by atoms with E-state index in [9.17, 15) is 9.18 Å². The fourth-order valence-corrected chi connectivity index (χ4v) is 3.86. The maximum Gasteiger partial charge on any atom is 0.255 e. The van der Waals surface area contributed by atoms with Crippen LogP contribution in [0.5, 0.6) is 0 Å². The average molecular weight is 379 g/mol. The Morgan fingerprint density at radius 2 is 2.00 bits per heavy atom. The molecule has 0 radical (unpaired) electrons. The van der Waals surface area contributed by atoms with Gasteiger partial charge in [-0.3, -0.25) is 14.7 Å². The van der Waals surface area contributed by atoms with Crippen LogP contribution in [0.2, 0.25) is 0 Å². The van der Waals surface area contributed by atoms with E-state index in [1.54, 1.807) is 6.07 Å². The maximum absolute atomic E-state index is 13.4. The predicted octanol–water partition coefficient (Wildman–Crippen LogP) is 2.22. The van der Waals surface area contributed by atoms with Crippen LogP contribution < -0.4 is 5.32 Å². The molecule has 1 aromatic carbocycles. The summed E-state index contributed by atoms with van der Waals surface area (Å²) >= 11 is 0. The third-order valence-corrected chi connectivity index (χ3v) is 5.35. The molecule has 2 fully saturated rings. The van der Waals surface area contributed by atoms with Crippen LogP contribution in [0.4, 0.5) is 4.39 Å². The molecule has 3 heterocycles. The van der Waals surface area contributed by atoms with Gasteiger partial charge in [0, 0.05) is 50.2 Å². The van der Waals surface area contributed by atoms with Crippen LogP contribution in [0.1, 0.15) is 22.5 Å². The Kier molecular flexibility index (Phi) is 5.75. The molecular weight excluding hydrogens is 355 g/mol. The molecule has 1 unspecified atom stereocenters. The van der Waals surface area contributed by atoms with Crippen LogP contribution in [0, 0.1) is 12.7 Å². The Hall–Kier alpha value is -1.76. The number of hydrogen-bond acceptors (Lipinski definition) is 4. The lowest BCUT2D eigenvalue weighted by atomic mass is 10.1. The predicted molar refractivity (Wildman–Crippen MR) is 102 cm³/mol. The largest absolute Gasteiger partial charge is 0.336 e. The number of nitrogens with one attached hydrogen (secondary N) is 1. The Bertz CT molecular complexity index is 801. The van der Waals surface area contributed by atoms with E-state index >= 15 is 0 Å². The summed E-state index contributed by atoms with van der Waals surface area (Å²) in [7, 11) is 0. The van der Waals surface area contributed by atoms with Gasteiger partial charge in [0.1, 0.15) is 5.82 Å². The van der Waals surface area contributed by atoms with Crippen molar-refractivity contribution >= 4 is 29.2 Å². The van der Waals surface area contributed by atoms with Crippen molar-refractivity contribution in [2.45, 2.75) is 19.4 Å². The number of nitrogens with zero attached hydrogens (tertiary/aromatic N) is 3. The summed E-state index contributed by atoms with van der Waals surface area (Å²) in [6.45, 7) is 7.29. The molecule has 1 atom stereocenters. The summed E-state index contributed by atoms with van der Waals surface area (Å²) in [6.07, 6.45) is 1.19. The lowest BCUT2D eigenvalue weighted by molar-refractivity contribution is 0.0583. The third-order valence-electron chi connectivity index (χ3n) is 5.35. The van der Waals surface area contributed by atoms with Gasteiger partial charge >= 0.3 is 0 Å². The molecule has 4 rings (SSSR count). The average Bonchev–Trinajstić information content (AvgIpc) is 3.15. The molecule has 1 amide bonds. The number of carbonyl (C=O) groups excluding carboxylic acids is 1. The van der Waals surface area contributed by atoms with Gasteiger partial charge in [0.05, 0.1) is 16.8 Å². The van der Waals surface area contributed by atoms with Gasteiger partial charge in [-0.2, -0.15) is 0 Å². The first-order valence-corrected chi connectivity index (χ1v) is 8.93. The van der Waals surface area contributed by atoms with Crippen LogP contribution in [0.3, 0.4) is 0 Å². The van der Waals surface area contributed by atoms with Crippen LogP contribution in [-0.4, -0.2) is 66.0 Å². The topological polar surface area (TPSA) is 48.5 Å². The highest BCUT2D eigenvalue weighted by molar-refractivity contribution is 5.98. The molecule has 2 aromatic rings. The molecular formula is C19H24ClFN4O. The van der Waals surface area contributed by atoms with Crippen LogP contribution in [0.25, 0.3) is 10.9 Å². The highest BCUT2D eigenvalue weighted by Crippen LogP contribution is 2.20. The number of aromatic nitrogens is 1. The second kappa shape index (κ2) is 7.86. The zero-order valence-electron chi connectivity index (χ0n) is 14.9. The Labute approximate surface area is 159 Å². The SMILES string of the molecule is Cc1nc2cc(F)ccc2cc1C(=O)N1CCN(C2CCNC2)CC1.Cl. The number of rotatable bonds is 2. The van der Waals surface area contributed by atoms with E-state index in [1.165, 1.54) is 18.6 Å². The molecule has 0 saturated carbocycles. The smallest absolute Gasteiger partial charge is 0.255 e. The van der Waals surface area contributed by atoms with Crippen molar-refractivity contribution in [1.29, 1.82) is 0 Å². The van der Waals surface area contributed by atoms with Gasteiger partial charge in [-0.1, -0.05) is 0 Å². The minimum Gasteiger partial charge on any atom is -0.336 e. The van der Waals surface area contributed by atoms with E-state index in [0.717, 1.165) is 44.7 Å². The van der Waals surface area contributed by atoms with Crippen molar-refractivity contribution in [2.75, 3.05) is 39.3 Å². The van der Waals surface area contributed by atoms with Crippen LogP contribution in [0.15, 0.2) is 24.3 Å². The quantitative estimate of drug-likeness (QED) is 0.870. The minimum atomic E-state index is -0.309. The first-order valence-electron chi connectivity index (χ1n) is 8.93. The molecule has 26 heavy (non-hydrogen) atoms. The van der Waals surface area contributed by atoms with Crippen LogP contribution >= 0.6 is 12.4 Å². The summed E-state index contributed by atoms with van der Waals surface area (Å²) in [5, 5.41) is 4.20. The van der Waals surface area contributed by atoms with E-state index in [2.05, 4.69) is 15.2 Å². The van der Waals surface area contributed by atoms with Gasteiger partial charge in [0.2, 0.25) is 0 Å². The van der Waals surface area contributed by atoms with E-state index in [4.69, 9.17) is 0 Å². The molecule has 2 aliphatic heterocycles. The number of amides is 1. The first kappa shape index (κ1) is 19.0.